The monoisotopic (exact) mass is 1280 g/mol. The number of benzene rings is 5. The highest BCUT2D eigenvalue weighted by molar-refractivity contribution is 7.73. The smallest absolute Gasteiger partial charge is 0.0737 e. The summed E-state index contributed by atoms with van der Waals surface area (Å²) in [5.41, 5.74) is 25.3. The molecule has 3 aliphatic rings. The first-order valence-electron chi connectivity index (χ1n) is 34.6. The number of aromatic nitrogens is 4. The second-order valence-corrected chi connectivity index (χ2v) is 63.0. The van der Waals surface area contributed by atoms with Crippen LogP contribution in [0.3, 0.4) is 0 Å². The minimum Gasteiger partial charge on any atom is -0.354 e. The van der Waals surface area contributed by atoms with E-state index in [2.05, 4.69) is 338 Å². The topological polar surface area (TPSA) is 60.6 Å². The van der Waals surface area contributed by atoms with E-state index in [1.165, 1.54) is 63.5 Å². The van der Waals surface area contributed by atoms with Crippen LogP contribution in [-0.4, -0.2) is 60.7 Å². The fraction of sp³-hybridized carbons (Fsp3) is 0.412. The summed E-state index contributed by atoms with van der Waals surface area (Å²) >= 11 is 0. The molecular weight excluding hydrogens is 1180 g/mol. The summed E-state index contributed by atoms with van der Waals surface area (Å²) in [5, 5.41) is 3.15. The van der Waals surface area contributed by atoms with Crippen molar-refractivity contribution in [2.45, 2.75) is 215 Å². The van der Waals surface area contributed by atoms with Crippen LogP contribution in [0.4, 0.5) is 0 Å². The maximum Gasteiger partial charge on any atom is 0.0737 e. The third-order valence-electron chi connectivity index (χ3n) is 22.2. The highest BCUT2D eigenvalue weighted by atomic mass is 29.6. The molecular formula is C85H109N5Si3. The Morgan fingerprint density at radius 1 is 0.355 bits per heavy atom. The van der Waals surface area contributed by atoms with E-state index in [0.29, 0.717) is 6.04 Å². The summed E-state index contributed by atoms with van der Waals surface area (Å²) in [4.78, 5) is 22.7. The molecule has 0 spiro atoms. The summed E-state index contributed by atoms with van der Waals surface area (Å²) < 4.78 is 0. The predicted octanol–water partition coefficient (Wildman–Crippen LogP) is 22.3. The number of H-pyrrole nitrogens is 2. The Labute approximate surface area is 562 Å². The fourth-order valence-corrected chi connectivity index (χ4v) is 46.0. The maximum atomic E-state index is 5.92. The second-order valence-electron chi connectivity index (χ2n) is 35.6. The van der Waals surface area contributed by atoms with Gasteiger partial charge in [-0.1, -0.05) is 277 Å². The fourth-order valence-electron chi connectivity index (χ4n) is 14.3. The first kappa shape index (κ1) is 67.7. The van der Waals surface area contributed by atoms with Crippen LogP contribution in [0.2, 0.25) is 39.3 Å². The average molecular weight is 1290 g/mol. The number of likely N-dealkylation sites (tertiary alicyclic amines) is 1. The van der Waals surface area contributed by atoms with Crippen molar-refractivity contribution in [3.05, 3.63) is 189 Å². The van der Waals surface area contributed by atoms with Gasteiger partial charge in [0.1, 0.15) is 0 Å². The summed E-state index contributed by atoms with van der Waals surface area (Å²) in [7, 11) is -3.54. The molecule has 3 aromatic heterocycles. The molecule has 1 fully saturated rings. The zero-order valence-corrected chi connectivity index (χ0v) is 64.5. The van der Waals surface area contributed by atoms with Gasteiger partial charge in [-0.15, -0.1) is 0 Å². The molecule has 1 saturated heterocycles. The first-order valence-corrected chi connectivity index (χ1v) is 45.6. The highest BCUT2D eigenvalue weighted by Gasteiger charge is 2.53. The molecule has 11 rings (SSSR count). The van der Waals surface area contributed by atoms with E-state index in [0.717, 1.165) is 89.4 Å². The molecule has 0 saturated carbocycles. The van der Waals surface area contributed by atoms with E-state index < -0.39 is 22.3 Å². The molecule has 8 heteroatoms. The molecule has 6 heterocycles. The normalized spacial score (nSPS) is 15.6. The Morgan fingerprint density at radius 3 is 0.882 bits per heavy atom. The van der Waals surface area contributed by atoms with Crippen LogP contribution in [0.15, 0.2) is 127 Å². The third kappa shape index (κ3) is 13.0. The van der Waals surface area contributed by atoms with E-state index in [4.69, 9.17) is 9.97 Å². The van der Waals surface area contributed by atoms with Gasteiger partial charge in [-0.3, -0.25) is 4.90 Å². The van der Waals surface area contributed by atoms with Gasteiger partial charge >= 0.3 is 0 Å². The van der Waals surface area contributed by atoms with Crippen molar-refractivity contribution in [1.29, 1.82) is 0 Å². The number of fused-ring (bicyclic) bond motifs is 8. The number of nitrogens with one attached hydrogen (secondary N) is 2. The van der Waals surface area contributed by atoms with Crippen LogP contribution in [0, 0.1) is 0 Å². The second kappa shape index (κ2) is 23.6. The van der Waals surface area contributed by atoms with Gasteiger partial charge in [0.25, 0.3) is 0 Å². The van der Waals surface area contributed by atoms with Gasteiger partial charge in [-0.2, -0.15) is 0 Å². The van der Waals surface area contributed by atoms with Crippen LogP contribution in [0.25, 0.3) is 90.9 Å². The Balaban J connectivity index is 1.23. The molecule has 3 aliphatic heterocycles. The molecule has 1 atom stereocenters. The Kier molecular flexibility index (Phi) is 17.2. The molecule has 8 bridgehead atoms. The van der Waals surface area contributed by atoms with Gasteiger partial charge in [0.15, 0.2) is 0 Å². The van der Waals surface area contributed by atoms with Crippen LogP contribution in [-0.2, 0) is 32.5 Å². The van der Waals surface area contributed by atoms with Crippen molar-refractivity contribution in [1.82, 2.24) is 24.8 Å². The summed E-state index contributed by atoms with van der Waals surface area (Å²) in [6, 6.07) is 51.5. The lowest BCUT2D eigenvalue weighted by molar-refractivity contribution is 0.317. The van der Waals surface area contributed by atoms with Crippen LogP contribution in [0.5, 0.6) is 0 Å². The summed E-state index contributed by atoms with van der Waals surface area (Å²) in [6.07, 6.45) is 11.6. The quantitative estimate of drug-likeness (QED) is 0.142. The van der Waals surface area contributed by atoms with E-state index in [1.807, 2.05) is 0 Å². The first-order chi connectivity index (χ1) is 43.0. The van der Waals surface area contributed by atoms with Crippen LogP contribution in [0.1, 0.15) is 205 Å². The van der Waals surface area contributed by atoms with E-state index >= 15 is 0 Å². The number of nitrogens with zero attached hydrogens (tertiary/aromatic N) is 3. The van der Waals surface area contributed by atoms with Crippen molar-refractivity contribution in [2.75, 3.05) is 13.6 Å². The van der Waals surface area contributed by atoms with Crippen LogP contribution < -0.4 is 10.4 Å². The molecule has 486 valence electrons. The van der Waals surface area contributed by atoms with Gasteiger partial charge in [0.05, 0.1) is 38.0 Å². The van der Waals surface area contributed by atoms with E-state index in [9.17, 15) is 0 Å². The van der Waals surface area contributed by atoms with Crippen molar-refractivity contribution >= 4 is 79.0 Å². The van der Waals surface area contributed by atoms with Crippen LogP contribution >= 0.6 is 0 Å². The average Bonchev–Trinajstić information content (AvgIpc) is 1.35. The molecule has 8 aromatic rings. The molecule has 0 amide bonds. The molecule has 0 radical (unpaired) electrons. The number of rotatable bonds is 9. The molecule has 5 nitrogen and oxygen atoms in total. The lowest BCUT2D eigenvalue weighted by Gasteiger charge is -2.49. The largest absolute Gasteiger partial charge is 0.354 e. The van der Waals surface area contributed by atoms with Gasteiger partial charge in [0.2, 0.25) is 0 Å². The van der Waals surface area contributed by atoms with Crippen molar-refractivity contribution in [3.63, 3.8) is 0 Å². The molecule has 0 aliphatic carbocycles. The van der Waals surface area contributed by atoms with Gasteiger partial charge in [-0.05, 0) is 169 Å². The van der Waals surface area contributed by atoms with E-state index in [1.54, 1.807) is 5.19 Å². The number of aromatic amines is 2. The minimum absolute atomic E-state index is 0.104. The Bertz CT molecular complexity index is 4270. The molecule has 2 N–H and O–H groups in total. The van der Waals surface area contributed by atoms with Gasteiger partial charge < -0.3 is 9.97 Å². The minimum atomic E-state index is -2.03. The molecule has 1 unspecified atom stereocenters. The third-order valence-corrected chi connectivity index (χ3v) is 63.7. The van der Waals surface area contributed by atoms with Crippen molar-refractivity contribution < 1.29 is 0 Å². The maximum absolute atomic E-state index is 5.92. The summed E-state index contributed by atoms with van der Waals surface area (Å²) in [6.45, 7) is 59.4. The zero-order valence-electron chi connectivity index (χ0n) is 61.5. The standard InChI is InChI=1S/C85H109N5Si3/c1-80(2,3)59-45-56(46-60(51-59)81(4,5)6)77-69-38-36-67(86-69)76(55-30-34-66(35-31-55)92(22,23)93(24,25)91(20,21)65-32-28-54(29-33-65)75-27-26-44-90(75)19)68-37-39-70(87-68)78(57-47-61(82(7,8)9)52-62(48-57)83(10,11)12)72-41-43-74(89-72)79(73-42-40-71(77)88-73)58-49-63(84(13,14)15)53-64(50-58)85(16,17)18/h28-43,45-53,75,86,89H,26-27,44H2,1-25H3. The summed E-state index contributed by atoms with van der Waals surface area (Å²) in [5.74, 6) is 0. The Morgan fingerprint density at radius 2 is 0.624 bits per heavy atom. The number of hydrogen-bond acceptors (Lipinski definition) is 3. The molecule has 93 heavy (non-hydrogen) atoms. The molecule has 5 aromatic carbocycles. The highest BCUT2D eigenvalue weighted by Crippen LogP contribution is 2.45. The number of hydrogen-bond donors (Lipinski definition) is 2. The van der Waals surface area contributed by atoms with Crippen molar-refractivity contribution in [3.8, 4) is 44.5 Å². The zero-order chi connectivity index (χ0) is 67.7. The van der Waals surface area contributed by atoms with Crippen molar-refractivity contribution in [2.24, 2.45) is 0 Å². The SMILES string of the molecule is CN1CCCC1c1ccc([Si](C)(C)[Si](C)(C)[Si](C)(C)c2ccc(-c3c4nc(c(-c5cc(C(C)(C)C)cc(C(C)(C)C)c5)c5ccc([nH]5)c(-c5cc(C(C)(C)C)cc(C(C)(C)C)c5)c5nc(c(-c6cc(C(C)(C)C)cc(C(C)(C)C)c6)c6ccc3[nH]6)C=C5)C=C4)cc2)cc1. The lowest BCUT2D eigenvalue weighted by Crippen LogP contribution is -2.78. The van der Waals surface area contributed by atoms with Gasteiger partial charge in [0, 0.05) is 57.5 Å². The van der Waals surface area contributed by atoms with Gasteiger partial charge in [-0.25, -0.2) is 9.97 Å². The predicted molar refractivity (Wildman–Crippen MR) is 416 cm³/mol. The lowest BCUT2D eigenvalue weighted by atomic mass is 9.78. The van der Waals surface area contributed by atoms with E-state index in [-0.39, 0.29) is 32.5 Å². The Hall–Kier alpha value is -6.69.